The molecule has 0 fully saturated rings. The highest BCUT2D eigenvalue weighted by Crippen LogP contribution is 2.27. The number of hydrogen-bond acceptors (Lipinski definition) is 5. The minimum atomic E-state index is -0.361. The van der Waals surface area contributed by atoms with Crippen molar-refractivity contribution in [2.45, 2.75) is 6.92 Å². The van der Waals surface area contributed by atoms with Gasteiger partial charge in [-0.1, -0.05) is 11.6 Å². The van der Waals surface area contributed by atoms with Gasteiger partial charge in [0.2, 0.25) is 5.91 Å². The number of anilines is 1. The Morgan fingerprint density at radius 3 is 2.62 bits per heavy atom. The van der Waals surface area contributed by atoms with E-state index in [2.05, 4.69) is 5.32 Å². The lowest BCUT2D eigenvalue weighted by Crippen LogP contribution is -2.34. The molecular formula is C14H19ClN2O4. The van der Waals surface area contributed by atoms with E-state index in [0.717, 1.165) is 0 Å². The lowest BCUT2D eigenvalue weighted by atomic mass is 10.3. The Hall–Kier alpha value is -1.79. The van der Waals surface area contributed by atoms with Crippen molar-refractivity contribution in [1.29, 1.82) is 0 Å². The number of hydrogen-bond donors (Lipinski definition) is 1. The number of likely N-dealkylation sites (N-methyl/N-ethyl adjacent to an activating group) is 1. The summed E-state index contributed by atoms with van der Waals surface area (Å²) in [5.41, 5.74) is 0.565. The summed E-state index contributed by atoms with van der Waals surface area (Å²) >= 11 is 5.97. The highest BCUT2D eigenvalue weighted by atomic mass is 35.5. The van der Waals surface area contributed by atoms with Crippen LogP contribution in [-0.4, -0.2) is 50.6 Å². The smallest absolute Gasteiger partial charge is 0.320 e. The van der Waals surface area contributed by atoms with Crippen LogP contribution in [0.2, 0.25) is 5.02 Å². The molecule has 0 heterocycles. The van der Waals surface area contributed by atoms with Crippen LogP contribution in [0.1, 0.15) is 6.92 Å². The number of halogens is 1. The highest BCUT2D eigenvalue weighted by Gasteiger charge is 2.12. The van der Waals surface area contributed by atoms with Crippen LogP contribution in [0.4, 0.5) is 5.69 Å². The van der Waals surface area contributed by atoms with Crippen LogP contribution in [0.3, 0.4) is 0 Å². The molecule has 1 amide bonds. The molecule has 1 aromatic carbocycles. The summed E-state index contributed by atoms with van der Waals surface area (Å²) in [5.74, 6) is -0.0718. The van der Waals surface area contributed by atoms with E-state index >= 15 is 0 Å². The third-order valence-corrected chi connectivity index (χ3v) is 2.85. The maximum atomic E-state index is 11.8. The van der Waals surface area contributed by atoms with Gasteiger partial charge >= 0.3 is 5.97 Å². The molecule has 0 aliphatic rings. The zero-order valence-electron chi connectivity index (χ0n) is 12.3. The number of amides is 1. The van der Waals surface area contributed by atoms with Crippen LogP contribution >= 0.6 is 11.6 Å². The first kappa shape index (κ1) is 17.3. The summed E-state index contributed by atoms with van der Waals surface area (Å²) in [6.45, 7) is 2.19. The predicted molar refractivity (Wildman–Crippen MR) is 80.8 cm³/mol. The molecule has 6 nitrogen and oxygen atoms in total. The Morgan fingerprint density at radius 1 is 1.33 bits per heavy atom. The van der Waals surface area contributed by atoms with Crippen molar-refractivity contribution in [3.8, 4) is 5.75 Å². The van der Waals surface area contributed by atoms with Gasteiger partial charge in [0.1, 0.15) is 5.75 Å². The van der Waals surface area contributed by atoms with Gasteiger partial charge in [-0.3, -0.25) is 14.5 Å². The normalized spacial score (nSPS) is 10.3. The molecule has 0 aliphatic heterocycles. The molecule has 0 saturated heterocycles. The van der Waals surface area contributed by atoms with Gasteiger partial charge in [-0.15, -0.1) is 0 Å². The summed E-state index contributed by atoms with van der Waals surface area (Å²) in [5, 5.41) is 3.11. The van der Waals surface area contributed by atoms with E-state index in [9.17, 15) is 9.59 Å². The Kier molecular flexibility index (Phi) is 6.98. The maximum Gasteiger partial charge on any atom is 0.320 e. The third kappa shape index (κ3) is 6.01. The van der Waals surface area contributed by atoms with Gasteiger partial charge in [0.25, 0.3) is 0 Å². The molecule has 0 saturated carbocycles. The second-order valence-corrected chi connectivity index (χ2v) is 4.78. The molecule has 0 spiro atoms. The van der Waals surface area contributed by atoms with Crippen molar-refractivity contribution in [3.05, 3.63) is 23.2 Å². The Labute approximate surface area is 129 Å². The van der Waals surface area contributed by atoms with Crippen molar-refractivity contribution in [2.75, 3.05) is 39.2 Å². The average Bonchev–Trinajstić information content (AvgIpc) is 2.38. The fourth-order valence-corrected chi connectivity index (χ4v) is 1.93. The maximum absolute atomic E-state index is 11.8. The van der Waals surface area contributed by atoms with Gasteiger partial charge in [-0.25, -0.2) is 0 Å². The van der Waals surface area contributed by atoms with E-state index in [-0.39, 0.29) is 25.0 Å². The largest absolute Gasteiger partial charge is 0.495 e. The van der Waals surface area contributed by atoms with Gasteiger partial charge in [-0.2, -0.15) is 0 Å². The molecule has 7 heteroatoms. The minimum Gasteiger partial charge on any atom is -0.495 e. The summed E-state index contributed by atoms with van der Waals surface area (Å²) in [4.78, 5) is 24.7. The van der Waals surface area contributed by atoms with E-state index in [4.69, 9.17) is 21.1 Å². The van der Waals surface area contributed by atoms with Gasteiger partial charge in [0.15, 0.2) is 0 Å². The number of carbonyl (C=O) groups is 2. The Bertz CT molecular complexity index is 508. The number of benzene rings is 1. The number of rotatable bonds is 7. The van der Waals surface area contributed by atoms with E-state index in [1.807, 2.05) is 0 Å². The van der Waals surface area contributed by atoms with Crippen molar-refractivity contribution < 1.29 is 19.1 Å². The number of nitrogens with zero attached hydrogens (tertiary/aromatic N) is 1. The molecule has 0 bridgehead atoms. The van der Waals surface area contributed by atoms with E-state index in [0.29, 0.717) is 23.1 Å². The van der Waals surface area contributed by atoms with Crippen LogP contribution < -0.4 is 10.1 Å². The van der Waals surface area contributed by atoms with Gasteiger partial charge in [0.05, 0.1) is 31.8 Å². The van der Waals surface area contributed by atoms with E-state index in [1.165, 1.54) is 7.11 Å². The number of methoxy groups -OCH3 is 1. The zero-order chi connectivity index (χ0) is 15.8. The molecule has 116 valence electrons. The van der Waals surface area contributed by atoms with Gasteiger partial charge in [-0.05, 0) is 32.2 Å². The number of esters is 1. The van der Waals surface area contributed by atoms with Gasteiger partial charge < -0.3 is 14.8 Å². The molecule has 1 aromatic rings. The first-order valence-electron chi connectivity index (χ1n) is 6.43. The average molecular weight is 315 g/mol. The fourth-order valence-electron chi connectivity index (χ4n) is 1.67. The highest BCUT2D eigenvalue weighted by molar-refractivity contribution is 6.32. The van der Waals surface area contributed by atoms with Crippen LogP contribution in [0, 0.1) is 0 Å². The first-order chi connectivity index (χ1) is 9.96. The van der Waals surface area contributed by atoms with Crippen LogP contribution in [0.15, 0.2) is 18.2 Å². The number of carbonyl (C=O) groups excluding carboxylic acids is 2. The fraction of sp³-hybridized carbons (Fsp3) is 0.429. The summed E-state index contributed by atoms with van der Waals surface area (Å²) < 4.78 is 9.84. The van der Waals surface area contributed by atoms with Crippen molar-refractivity contribution in [3.63, 3.8) is 0 Å². The lowest BCUT2D eigenvalue weighted by Gasteiger charge is -2.15. The summed E-state index contributed by atoms with van der Waals surface area (Å²) in [6, 6.07) is 4.96. The standard InChI is InChI=1S/C14H19ClN2O4/c1-4-21-14(19)9-17(2)8-13(18)16-10-5-6-12(20-3)11(15)7-10/h5-7H,4,8-9H2,1-3H3,(H,16,18). The molecule has 21 heavy (non-hydrogen) atoms. The third-order valence-electron chi connectivity index (χ3n) is 2.55. The van der Waals surface area contributed by atoms with Crippen molar-refractivity contribution in [1.82, 2.24) is 4.90 Å². The molecule has 0 aromatic heterocycles. The second-order valence-electron chi connectivity index (χ2n) is 4.37. The second kappa shape index (κ2) is 8.49. The number of ether oxygens (including phenoxy) is 2. The van der Waals surface area contributed by atoms with Gasteiger partial charge in [0, 0.05) is 5.69 Å². The molecular weight excluding hydrogens is 296 g/mol. The summed E-state index contributed by atoms with van der Waals surface area (Å²) in [6.07, 6.45) is 0. The molecule has 1 N–H and O–H groups in total. The minimum absolute atomic E-state index is 0.0601. The molecule has 0 radical (unpaired) electrons. The van der Waals surface area contributed by atoms with Crippen molar-refractivity contribution in [2.24, 2.45) is 0 Å². The number of nitrogens with one attached hydrogen (secondary N) is 1. The quantitative estimate of drug-likeness (QED) is 0.777. The Balaban J connectivity index is 2.50. The molecule has 0 unspecified atom stereocenters. The lowest BCUT2D eigenvalue weighted by molar-refractivity contribution is -0.144. The van der Waals surface area contributed by atoms with Crippen LogP contribution in [0.25, 0.3) is 0 Å². The SMILES string of the molecule is CCOC(=O)CN(C)CC(=O)Nc1ccc(OC)c(Cl)c1. The first-order valence-corrected chi connectivity index (χ1v) is 6.81. The molecule has 1 rings (SSSR count). The molecule has 0 atom stereocenters. The monoisotopic (exact) mass is 314 g/mol. The summed E-state index contributed by atoms with van der Waals surface area (Å²) in [7, 11) is 3.18. The van der Waals surface area contributed by atoms with E-state index < -0.39 is 0 Å². The van der Waals surface area contributed by atoms with Crippen LogP contribution in [-0.2, 0) is 14.3 Å². The van der Waals surface area contributed by atoms with Crippen LogP contribution in [0.5, 0.6) is 5.75 Å². The van der Waals surface area contributed by atoms with E-state index in [1.54, 1.807) is 37.1 Å². The topological polar surface area (TPSA) is 67.9 Å². The predicted octanol–water partition coefficient (Wildman–Crippen LogP) is 1.78. The molecule has 0 aliphatic carbocycles. The zero-order valence-corrected chi connectivity index (χ0v) is 13.1. The van der Waals surface area contributed by atoms with Crippen molar-refractivity contribution >= 4 is 29.2 Å². The Morgan fingerprint density at radius 2 is 2.05 bits per heavy atom.